The van der Waals surface area contributed by atoms with Gasteiger partial charge in [-0.2, -0.15) is 0 Å². The van der Waals surface area contributed by atoms with Crippen molar-refractivity contribution in [3.05, 3.63) is 18.3 Å². The molecule has 3 N–H and O–H groups in total. The van der Waals surface area contributed by atoms with E-state index in [-0.39, 0.29) is 0 Å². The molecule has 0 radical (unpaired) electrons. The topological polar surface area (TPSA) is 54.2 Å². The molecule has 0 fully saturated rings. The van der Waals surface area contributed by atoms with Crippen LogP contribution in [0.15, 0.2) is 18.3 Å². The maximum absolute atomic E-state index is 5.46. The summed E-state index contributed by atoms with van der Waals surface area (Å²) in [5, 5.41) is 3.31. The Balaban J connectivity index is 1.96. The van der Waals surface area contributed by atoms with Crippen molar-refractivity contribution in [2.45, 2.75) is 12.8 Å². The van der Waals surface area contributed by atoms with E-state index in [0.717, 1.165) is 44.1 Å². The van der Waals surface area contributed by atoms with Crippen molar-refractivity contribution in [2.75, 3.05) is 30.0 Å². The first kappa shape index (κ1) is 9.27. The van der Waals surface area contributed by atoms with E-state index in [1.54, 1.807) is 0 Å². The summed E-state index contributed by atoms with van der Waals surface area (Å²) in [6.45, 7) is 2.68. The molecule has 0 aliphatic carbocycles. The minimum Gasteiger partial charge on any atom is -0.365 e. The number of pyridine rings is 1. The lowest BCUT2D eigenvalue weighted by Gasteiger charge is -2.15. The van der Waals surface area contributed by atoms with Crippen LogP contribution in [0.5, 0.6) is 0 Å². The van der Waals surface area contributed by atoms with Crippen molar-refractivity contribution in [1.29, 1.82) is 0 Å². The van der Waals surface area contributed by atoms with Gasteiger partial charge >= 0.3 is 0 Å². The Morgan fingerprint density at radius 2 is 2.43 bits per heavy atom. The van der Waals surface area contributed by atoms with E-state index < -0.39 is 0 Å². The smallest absolute Gasteiger partial charge is 0.153 e. The molecule has 4 nitrogen and oxygen atoms in total. The first-order valence-corrected chi connectivity index (χ1v) is 5.06. The van der Waals surface area contributed by atoms with Crippen molar-refractivity contribution >= 4 is 11.5 Å². The summed E-state index contributed by atoms with van der Waals surface area (Å²) in [5.74, 6) is 1.07. The van der Waals surface area contributed by atoms with Gasteiger partial charge in [-0.25, -0.2) is 4.98 Å². The molecule has 0 aromatic carbocycles. The van der Waals surface area contributed by atoms with Crippen LogP contribution in [0, 0.1) is 0 Å². The quantitative estimate of drug-likeness (QED) is 0.699. The Hall–Kier alpha value is -1.29. The van der Waals surface area contributed by atoms with E-state index in [0.29, 0.717) is 0 Å². The molecule has 1 aromatic rings. The van der Waals surface area contributed by atoms with Crippen LogP contribution < -0.4 is 16.0 Å². The van der Waals surface area contributed by atoms with E-state index in [1.165, 1.54) is 0 Å². The molecular formula is C10H16N4. The molecule has 14 heavy (non-hydrogen) atoms. The third kappa shape index (κ3) is 1.80. The molecule has 0 saturated carbocycles. The number of nitrogens with zero attached hydrogens (tertiary/aromatic N) is 2. The first-order chi connectivity index (χ1) is 6.92. The number of anilines is 2. The monoisotopic (exact) mass is 192 g/mol. The molecule has 2 heterocycles. The summed E-state index contributed by atoms with van der Waals surface area (Å²) in [6, 6.07) is 4.01. The fourth-order valence-electron chi connectivity index (χ4n) is 1.67. The van der Waals surface area contributed by atoms with Gasteiger partial charge in [0.05, 0.1) is 12.4 Å². The van der Waals surface area contributed by atoms with Gasteiger partial charge in [0.2, 0.25) is 0 Å². The molecular weight excluding hydrogens is 176 g/mol. The Bertz CT molecular complexity index is 300. The van der Waals surface area contributed by atoms with Crippen LogP contribution in [-0.2, 0) is 0 Å². The molecule has 0 saturated heterocycles. The van der Waals surface area contributed by atoms with Gasteiger partial charge in [-0.1, -0.05) is 0 Å². The summed E-state index contributed by atoms with van der Waals surface area (Å²) < 4.78 is 0. The summed E-state index contributed by atoms with van der Waals surface area (Å²) in [6.07, 6.45) is 4.05. The lowest BCUT2D eigenvalue weighted by Crippen LogP contribution is -2.24. The number of fused-ring (bicyclic) bond motifs is 1. The second kappa shape index (κ2) is 4.28. The molecule has 0 amide bonds. The van der Waals surface area contributed by atoms with E-state index >= 15 is 0 Å². The van der Waals surface area contributed by atoms with Crippen LogP contribution in [0.1, 0.15) is 12.8 Å². The fourth-order valence-corrected chi connectivity index (χ4v) is 1.67. The molecule has 4 heteroatoms. The average Bonchev–Trinajstić information content (AvgIpc) is 2.63. The number of aromatic nitrogens is 1. The highest BCUT2D eigenvalue weighted by molar-refractivity contribution is 5.70. The van der Waals surface area contributed by atoms with E-state index in [4.69, 9.17) is 5.73 Å². The van der Waals surface area contributed by atoms with Crippen molar-refractivity contribution in [1.82, 2.24) is 4.98 Å². The maximum atomic E-state index is 5.46. The Morgan fingerprint density at radius 1 is 1.50 bits per heavy atom. The van der Waals surface area contributed by atoms with E-state index in [2.05, 4.69) is 21.3 Å². The number of hydrogen-bond donors (Lipinski definition) is 2. The summed E-state index contributed by atoms with van der Waals surface area (Å²) in [7, 11) is 0. The maximum Gasteiger partial charge on any atom is 0.153 e. The van der Waals surface area contributed by atoms with Crippen LogP contribution in [0.2, 0.25) is 0 Å². The summed E-state index contributed by atoms with van der Waals surface area (Å²) in [5.41, 5.74) is 6.60. The number of nitrogens with two attached hydrogens (primary N) is 1. The fraction of sp³-hybridized carbons (Fsp3) is 0.500. The van der Waals surface area contributed by atoms with Crippen molar-refractivity contribution < 1.29 is 0 Å². The highest BCUT2D eigenvalue weighted by Crippen LogP contribution is 2.27. The van der Waals surface area contributed by atoms with E-state index in [9.17, 15) is 0 Å². The third-order valence-corrected chi connectivity index (χ3v) is 2.43. The van der Waals surface area contributed by atoms with Gasteiger partial charge in [0.1, 0.15) is 0 Å². The summed E-state index contributed by atoms with van der Waals surface area (Å²) >= 11 is 0. The largest absolute Gasteiger partial charge is 0.365 e. The number of rotatable bonds is 4. The molecule has 0 atom stereocenters. The van der Waals surface area contributed by atoms with Crippen LogP contribution in [0.4, 0.5) is 11.5 Å². The van der Waals surface area contributed by atoms with Crippen molar-refractivity contribution in [2.24, 2.45) is 5.73 Å². The van der Waals surface area contributed by atoms with Crippen LogP contribution in [0.3, 0.4) is 0 Å². The SMILES string of the molecule is NCCCCN1CNc2cccnc21. The van der Waals surface area contributed by atoms with Gasteiger partial charge in [-0.3, -0.25) is 0 Å². The standard InChI is InChI=1S/C10H16N4/c11-5-1-2-7-14-8-13-9-4-3-6-12-10(9)14/h3-4,6,13H,1-2,5,7-8,11H2. The Kier molecular flexibility index (Phi) is 2.84. The van der Waals surface area contributed by atoms with Gasteiger partial charge in [-0.15, -0.1) is 0 Å². The van der Waals surface area contributed by atoms with Gasteiger partial charge in [0.15, 0.2) is 5.82 Å². The van der Waals surface area contributed by atoms with Crippen molar-refractivity contribution in [3.63, 3.8) is 0 Å². The predicted octanol–water partition coefficient (Wildman–Crippen LogP) is 1.01. The van der Waals surface area contributed by atoms with Crippen LogP contribution in [-0.4, -0.2) is 24.7 Å². The second-order valence-electron chi connectivity index (χ2n) is 3.47. The molecule has 76 valence electrons. The number of unbranched alkanes of at least 4 members (excludes halogenated alkanes) is 1. The molecule has 0 bridgehead atoms. The zero-order valence-corrected chi connectivity index (χ0v) is 8.24. The lowest BCUT2D eigenvalue weighted by molar-refractivity contribution is 0.711. The molecule has 0 spiro atoms. The second-order valence-corrected chi connectivity index (χ2v) is 3.47. The Labute approximate surface area is 84.1 Å². The average molecular weight is 192 g/mol. The van der Waals surface area contributed by atoms with Gasteiger partial charge in [0, 0.05) is 12.7 Å². The van der Waals surface area contributed by atoms with E-state index in [1.807, 2.05) is 12.3 Å². The normalized spacial score (nSPS) is 13.9. The minimum absolute atomic E-state index is 0.774. The number of nitrogens with one attached hydrogen (secondary N) is 1. The Morgan fingerprint density at radius 3 is 3.29 bits per heavy atom. The van der Waals surface area contributed by atoms with Crippen LogP contribution in [0.25, 0.3) is 0 Å². The summed E-state index contributed by atoms with van der Waals surface area (Å²) in [4.78, 5) is 6.61. The lowest BCUT2D eigenvalue weighted by atomic mass is 10.3. The highest BCUT2D eigenvalue weighted by atomic mass is 15.3. The highest BCUT2D eigenvalue weighted by Gasteiger charge is 2.17. The molecule has 1 aliphatic heterocycles. The zero-order chi connectivity index (χ0) is 9.80. The van der Waals surface area contributed by atoms with Gasteiger partial charge < -0.3 is 16.0 Å². The molecule has 1 aromatic heterocycles. The first-order valence-electron chi connectivity index (χ1n) is 5.06. The van der Waals surface area contributed by atoms with Crippen LogP contribution >= 0.6 is 0 Å². The predicted molar refractivity (Wildman–Crippen MR) is 58.4 cm³/mol. The third-order valence-electron chi connectivity index (χ3n) is 2.43. The number of hydrogen-bond acceptors (Lipinski definition) is 4. The van der Waals surface area contributed by atoms with Crippen molar-refractivity contribution in [3.8, 4) is 0 Å². The molecule has 0 unspecified atom stereocenters. The minimum atomic E-state index is 0.774. The molecule has 1 aliphatic rings. The van der Waals surface area contributed by atoms with Gasteiger partial charge in [-0.05, 0) is 31.5 Å². The zero-order valence-electron chi connectivity index (χ0n) is 8.24. The van der Waals surface area contributed by atoms with Gasteiger partial charge in [0.25, 0.3) is 0 Å². The molecule has 2 rings (SSSR count).